The van der Waals surface area contributed by atoms with Crippen molar-refractivity contribution in [2.75, 3.05) is 37.7 Å². The topological polar surface area (TPSA) is 124 Å². The second-order valence-corrected chi connectivity index (χ2v) is 12.8. The molecule has 2 saturated heterocycles. The van der Waals surface area contributed by atoms with Crippen LogP contribution < -0.4 is 10.2 Å². The lowest BCUT2D eigenvalue weighted by atomic mass is 9.84. The number of halogens is 5. The predicted molar refractivity (Wildman–Crippen MR) is 168 cm³/mol. The molecule has 2 aromatic carbocycles. The van der Waals surface area contributed by atoms with E-state index in [9.17, 15) is 37.1 Å². The first-order valence-electron chi connectivity index (χ1n) is 15.3. The van der Waals surface area contributed by atoms with E-state index < -0.39 is 58.6 Å². The molecule has 0 saturated carbocycles. The van der Waals surface area contributed by atoms with Gasteiger partial charge in [-0.25, -0.2) is 23.4 Å². The molecule has 3 atom stereocenters. The Morgan fingerprint density at radius 2 is 1.98 bits per heavy atom. The maximum Gasteiger partial charge on any atom is 0.417 e. The molecule has 10 nitrogen and oxygen atoms in total. The Kier molecular flexibility index (Phi) is 9.04. The van der Waals surface area contributed by atoms with Crippen molar-refractivity contribution in [2.24, 2.45) is 10.9 Å². The van der Waals surface area contributed by atoms with Crippen molar-refractivity contribution in [1.82, 2.24) is 15.2 Å². The van der Waals surface area contributed by atoms with Gasteiger partial charge in [0.15, 0.2) is 16.5 Å². The van der Waals surface area contributed by atoms with Crippen molar-refractivity contribution in [3.63, 3.8) is 0 Å². The van der Waals surface area contributed by atoms with Crippen LogP contribution in [-0.4, -0.2) is 77.1 Å². The number of alkyl halides is 4. The second-order valence-electron chi connectivity index (χ2n) is 11.9. The van der Waals surface area contributed by atoms with Gasteiger partial charge in [-0.1, -0.05) is 12.1 Å². The first kappa shape index (κ1) is 34.2. The number of carboxylic acid groups (broad SMARTS) is 1. The number of aliphatic imine (C=N–C) groups is 1. The lowest BCUT2D eigenvalue weighted by Gasteiger charge is -2.38. The van der Waals surface area contributed by atoms with E-state index in [4.69, 9.17) is 9.73 Å². The molecule has 3 aliphatic rings. The molecule has 0 aliphatic carbocycles. The molecular weight excluding hydrogens is 673 g/mol. The summed E-state index contributed by atoms with van der Waals surface area (Å²) in [5.41, 5.74) is -3.72. The summed E-state index contributed by atoms with van der Waals surface area (Å²) in [6.45, 7) is 3.19. The van der Waals surface area contributed by atoms with E-state index in [0.717, 1.165) is 17.0 Å². The smallest absolute Gasteiger partial charge is 0.417 e. The summed E-state index contributed by atoms with van der Waals surface area (Å²) in [5.74, 6) is -4.57. The van der Waals surface area contributed by atoms with Gasteiger partial charge in [0.25, 0.3) is 5.91 Å². The van der Waals surface area contributed by atoms with Gasteiger partial charge in [0, 0.05) is 61.5 Å². The van der Waals surface area contributed by atoms with Crippen molar-refractivity contribution in [2.45, 2.75) is 38.2 Å². The number of esters is 1. The summed E-state index contributed by atoms with van der Waals surface area (Å²) < 4.78 is 76.9. The number of fused-ring (bicyclic) bond motifs is 1. The first-order valence-corrected chi connectivity index (χ1v) is 16.2. The van der Waals surface area contributed by atoms with Gasteiger partial charge in [-0.3, -0.25) is 14.7 Å². The fourth-order valence-electron chi connectivity index (χ4n) is 6.56. The number of nitrogens with one attached hydrogen (secondary N) is 1. The molecule has 0 bridgehead atoms. The van der Waals surface area contributed by atoms with Gasteiger partial charge >= 0.3 is 18.1 Å². The molecular formula is C33H30F5N5O5S. The number of thiazole rings is 1. The number of hydrogen-bond acceptors (Lipinski definition) is 9. The lowest BCUT2D eigenvalue weighted by molar-refractivity contribution is -0.139. The predicted octanol–water partition coefficient (Wildman–Crippen LogP) is 5.29. The molecule has 1 amide bonds. The standard InChI is InChI=1S/C33H30F5N5O5S/c1-3-48-30(46)25-24(40-27(28-39-10-12-49-28)41-26(25)20-5-4-6-23(34)17(20)2)16-42-11-9-32(35)18(14-42)15-43(31(32)47)19-7-8-22(33(36,37)38)21(13-19)29(44)45/h4-8,10,12-13,18,26H,3,9,11,14-16H2,1-2H3,(H,40,41)(H,44,45)/t18-,26-,32+/m0/s1. The van der Waals surface area contributed by atoms with Crippen LogP contribution in [0.15, 0.2) is 64.2 Å². The quantitative estimate of drug-likeness (QED) is 0.240. The molecule has 2 N–H and O–H groups in total. The number of likely N-dealkylation sites (tertiary alicyclic amines) is 1. The van der Waals surface area contributed by atoms with Crippen LogP contribution in [0.1, 0.15) is 51.4 Å². The Balaban J connectivity index is 1.32. The molecule has 258 valence electrons. The Labute approximate surface area is 280 Å². The van der Waals surface area contributed by atoms with E-state index in [1.807, 2.05) is 4.90 Å². The highest BCUT2D eigenvalue weighted by atomic mass is 32.1. The number of rotatable bonds is 8. The largest absolute Gasteiger partial charge is 0.478 e. The third kappa shape index (κ3) is 6.30. The van der Waals surface area contributed by atoms with E-state index in [2.05, 4.69) is 10.3 Å². The highest BCUT2D eigenvalue weighted by Gasteiger charge is 2.57. The monoisotopic (exact) mass is 703 g/mol. The number of ether oxygens (including phenoxy) is 1. The highest BCUT2D eigenvalue weighted by molar-refractivity contribution is 7.11. The molecule has 4 heterocycles. The SMILES string of the molecule is CCOC(=O)C1=C(CN2CC[C@]3(F)C(=O)N(c4ccc(C(F)(F)F)c(C(=O)O)c4)C[C@@H]3C2)NC(c2nccs2)=N[C@H]1c1cccc(F)c1C. The summed E-state index contributed by atoms with van der Waals surface area (Å²) in [4.78, 5) is 50.5. The summed E-state index contributed by atoms with van der Waals surface area (Å²) in [5, 5.41) is 14.9. The molecule has 3 aromatic rings. The number of piperidine rings is 1. The molecule has 0 radical (unpaired) electrons. The van der Waals surface area contributed by atoms with Crippen molar-refractivity contribution in [3.8, 4) is 0 Å². The first-order chi connectivity index (χ1) is 23.2. The van der Waals surface area contributed by atoms with E-state index in [0.29, 0.717) is 28.2 Å². The number of aromatic nitrogens is 1. The minimum absolute atomic E-state index is 0.0137. The summed E-state index contributed by atoms with van der Waals surface area (Å²) in [6.07, 6.45) is -3.62. The fourth-order valence-corrected chi connectivity index (χ4v) is 7.15. The maximum atomic E-state index is 16.4. The zero-order valence-electron chi connectivity index (χ0n) is 26.2. The van der Waals surface area contributed by atoms with Crippen LogP contribution in [0.3, 0.4) is 0 Å². The molecule has 0 unspecified atom stereocenters. The van der Waals surface area contributed by atoms with Crippen LogP contribution in [0.2, 0.25) is 0 Å². The number of benzene rings is 2. The minimum atomic E-state index is -4.95. The van der Waals surface area contributed by atoms with E-state index in [1.165, 1.54) is 23.5 Å². The Morgan fingerprint density at radius 3 is 2.65 bits per heavy atom. The Bertz CT molecular complexity index is 1880. The molecule has 1 aromatic heterocycles. The summed E-state index contributed by atoms with van der Waals surface area (Å²) in [6, 6.07) is 5.78. The number of anilines is 1. The van der Waals surface area contributed by atoms with Crippen LogP contribution in [-0.2, 0) is 20.5 Å². The average Bonchev–Trinajstić information content (AvgIpc) is 3.68. The molecule has 3 aliphatic heterocycles. The maximum absolute atomic E-state index is 16.4. The van der Waals surface area contributed by atoms with Crippen LogP contribution >= 0.6 is 11.3 Å². The van der Waals surface area contributed by atoms with Crippen LogP contribution in [0, 0.1) is 18.7 Å². The van der Waals surface area contributed by atoms with Crippen LogP contribution in [0.4, 0.5) is 27.6 Å². The number of carboxylic acids is 1. The zero-order valence-corrected chi connectivity index (χ0v) is 27.0. The molecule has 2 fully saturated rings. The third-order valence-electron chi connectivity index (χ3n) is 9.01. The number of amidine groups is 1. The van der Waals surface area contributed by atoms with Crippen molar-refractivity contribution >= 4 is 40.7 Å². The van der Waals surface area contributed by atoms with Crippen molar-refractivity contribution in [3.05, 3.63) is 92.3 Å². The van der Waals surface area contributed by atoms with Gasteiger partial charge in [0.2, 0.25) is 0 Å². The third-order valence-corrected chi connectivity index (χ3v) is 9.79. The Hall–Kier alpha value is -4.70. The van der Waals surface area contributed by atoms with Gasteiger partial charge < -0.3 is 20.1 Å². The van der Waals surface area contributed by atoms with Crippen LogP contribution in [0.5, 0.6) is 0 Å². The van der Waals surface area contributed by atoms with Gasteiger partial charge in [-0.15, -0.1) is 11.3 Å². The van der Waals surface area contributed by atoms with E-state index >= 15 is 4.39 Å². The van der Waals surface area contributed by atoms with Crippen molar-refractivity contribution < 1.29 is 46.2 Å². The number of nitrogens with zero attached hydrogens (tertiary/aromatic N) is 4. The van der Waals surface area contributed by atoms with E-state index in [1.54, 1.807) is 31.5 Å². The van der Waals surface area contributed by atoms with Crippen LogP contribution in [0.25, 0.3) is 0 Å². The average molecular weight is 704 g/mol. The van der Waals surface area contributed by atoms with Gasteiger partial charge in [0.1, 0.15) is 11.9 Å². The fraction of sp³-hybridized carbons (Fsp3) is 0.364. The number of hydrogen-bond donors (Lipinski definition) is 2. The zero-order chi connectivity index (χ0) is 35.2. The lowest BCUT2D eigenvalue weighted by Crippen LogP contribution is -2.52. The number of aromatic carboxylic acids is 1. The van der Waals surface area contributed by atoms with Crippen molar-refractivity contribution in [1.29, 1.82) is 0 Å². The minimum Gasteiger partial charge on any atom is -0.478 e. The van der Waals surface area contributed by atoms with Gasteiger partial charge in [-0.2, -0.15) is 13.2 Å². The van der Waals surface area contributed by atoms with Gasteiger partial charge in [0.05, 0.1) is 23.3 Å². The Morgan fingerprint density at radius 1 is 1.20 bits per heavy atom. The second kappa shape index (κ2) is 13.0. The number of carbonyl (C=O) groups excluding carboxylic acids is 2. The van der Waals surface area contributed by atoms with Gasteiger partial charge in [-0.05, 0) is 49.2 Å². The number of carbonyl (C=O) groups is 3. The normalized spacial score (nSPS) is 22.9. The van der Waals surface area contributed by atoms with E-state index in [-0.39, 0.29) is 56.0 Å². The molecule has 6 rings (SSSR count). The summed E-state index contributed by atoms with van der Waals surface area (Å²) in [7, 11) is 0. The summed E-state index contributed by atoms with van der Waals surface area (Å²) >= 11 is 1.29. The highest BCUT2D eigenvalue weighted by Crippen LogP contribution is 2.43. The molecule has 49 heavy (non-hydrogen) atoms. The molecule has 16 heteroatoms. The number of amides is 1. The molecule has 0 spiro atoms.